The summed E-state index contributed by atoms with van der Waals surface area (Å²) >= 11 is 2.44. The van der Waals surface area contributed by atoms with E-state index in [0.717, 1.165) is 0 Å². The lowest BCUT2D eigenvalue weighted by atomic mass is 9.85. The molecule has 0 amide bonds. The van der Waals surface area contributed by atoms with Crippen molar-refractivity contribution in [3.63, 3.8) is 0 Å². The second-order valence-corrected chi connectivity index (χ2v) is 8.23. The number of thioether (sulfide) groups is 1. The summed E-state index contributed by atoms with van der Waals surface area (Å²) in [4.78, 5) is 0. The van der Waals surface area contributed by atoms with Gasteiger partial charge in [0.15, 0.2) is 0 Å². The Morgan fingerprint density at radius 3 is 1.29 bits per heavy atom. The molecule has 2 saturated carbocycles. The fourth-order valence-electron chi connectivity index (χ4n) is 3.91. The van der Waals surface area contributed by atoms with Gasteiger partial charge in [0.1, 0.15) is 0 Å². The van der Waals surface area contributed by atoms with Crippen molar-refractivity contribution in [3.8, 4) is 0 Å². The predicted octanol–water partition coefficient (Wildman–Crippen LogP) is 5.95. The number of rotatable bonds is 4. The Labute approximate surface area is 112 Å². The Balaban J connectivity index is 2.04. The molecule has 0 unspecified atom stereocenters. The first-order chi connectivity index (χ1) is 8.24. The number of hydrogen-bond donors (Lipinski definition) is 0. The first-order valence-corrected chi connectivity index (χ1v) is 8.76. The van der Waals surface area contributed by atoms with Crippen molar-refractivity contribution >= 4 is 11.8 Å². The summed E-state index contributed by atoms with van der Waals surface area (Å²) in [7, 11) is 0. The van der Waals surface area contributed by atoms with Crippen LogP contribution < -0.4 is 0 Å². The Bertz CT molecular complexity index is 198. The quantitative estimate of drug-likeness (QED) is 0.598. The van der Waals surface area contributed by atoms with Gasteiger partial charge in [-0.25, -0.2) is 0 Å². The van der Waals surface area contributed by atoms with E-state index in [0.29, 0.717) is 9.49 Å². The molecule has 0 heterocycles. The van der Waals surface area contributed by atoms with E-state index in [1.807, 2.05) is 0 Å². The number of hydrogen-bond acceptors (Lipinski definition) is 1. The van der Waals surface area contributed by atoms with Gasteiger partial charge in [0.2, 0.25) is 0 Å². The van der Waals surface area contributed by atoms with Crippen LogP contribution in [0.4, 0.5) is 0 Å². The molecule has 0 atom stereocenters. The third-order valence-corrected chi connectivity index (χ3v) is 7.51. The van der Waals surface area contributed by atoms with E-state index < -0.39 is 0 Å². The fourth-order valence-corrected chi connectivity index (χ4v) is 6.10. The molecule has 0 radical (unpaired) electrons. The molecule has 2 aliphatic rings. The van der Waals surface area contributed by atoms with Gasteiger partial charge in [-0.3, -0.25) is 0 Å². The SMILES string of the molecule is CCC1(SC2(CC)CCCCC2)CCCCC1. The third kappa shape index (κ3) is 3.22. The van der Waals surface area contributed by atoms with Crippen LogP contribution in [-0.2, 0) is 0 Å². The monoisotopic (exact) mass is 254 g/mol. The summed E-state index contributed by atoms with van der Waals surface area (Å²) in [5.74, 6) is 0. The van der Waals surface area contributed by atoms with E-state index in [2.05, 4.69) is 25.6 Å². The van der Waals surface area contributed by atoms with Crippen molar-refractivity contribution in [2.24, 2.45) is 0 Å². The van der Waals surface area contributed by atoms with Crippen molar-refractivity contribution in [2.45, 2.75) is 100 Å². The van der Waals surface area contributed by atoms with Gasteiger partial charge in [0.05, 0.1) is 0 Å². The molecule has 0 N–H and O–H groups in total. The van der Waals surface area contributed by atoms with Gasteiger partial charge in [-0.15, -0.1) is 11.8 Å². The van der Waals surface area contributed by atoms with Gasteiger partial charge in [0, 0.05) is 9.49 Å². The van der Waals surface area contributed by atoms with Gasteiger partial charge in [0.25, 0.3) is 0 Å². The summed E-state index contributed by atoms with van der Waals surface area (Å²) < 4.78 is 1.32. The van der Waals surface area contributed by atoms with Crippen LogP contribution in [0.25, 0.3) is 0 Å². The van der Waals surface area contributed by atoms with Gasteiger partial charge >= 0.3 is 0 Å². The summed E-state index contributed by atoms with van der Waals surface area (Å²) in [5.41, 5.74) is 0. The lowest BCUT2D eigenvalue weighted by Crippen LogP contribution is -2.37. The zero-order valence-electron chi connectivity index (χ0n) is 11.9. The molecule has 0 spiro atoms. The molecule has 0 aliphatic heterocycles. The first kappa shape index (κ1) is 13.8. The van der Waals surface area contributed by atoms with Crippen LogP contribution in [0.1, 0.15) is 90.9 Å². The second-order valence-electron chi connectivity index (χ2n) is 6.30. The van der Waals surface area contributed by atoms with Gasteiger partial charge in [-0.2, -0.15) is 0 Å². The average Bonchev–Trinajstić information content (AvgIpc) is 2.41. The third-order valence-electron chi connectivity index (χ3n) is 5.25. The zero-order chi connectivity index (χ0) is 12.2. The summed E-state index contributed by atoms with van der Waals surface area (Å²) in [6, 6.07) is 0. The van der Waals surface area contributed by atoms with E-state index in [-0.39, 0.29) is 0 Å². The minimum atomic E-state index is 0.658. The highest BCUT2D eigenvalue weighted by atomic mass is 32.2. The smallest absolute Gasteiger partial charge is 0.0163 e. The minimum Gasteiger partial charge on any atom is -0.148 e. The van der Waals surface area contributed by atoms with E-state index in [1.165, 1.54) is 77.0 Å². The van der Waals surface area contributed by atoms with E-state index in [1.54, 1.807) is 0 Å². The molecule has 1 heteroatoms. The van der Waals surface area contributed by atoms with E-state index in [4.69, 9.17) is 0 Å². The minimum absolute atomic E-state index is 0.658. The summed E-state index contributed by atoms with van der Waals surface area (Å²) in [6.07, 6.45) is 17.7. The predicted molar refractivity (Wildman–Crippen MR) is 79.8 cm³/mol. The van der Waals surface area contributed by atoms with Crippen LogP contribution in [0.15, 0.2) is 0 Å². The van der Waals surface area contributed by atoms with Crippen LogP contribution in [0, 0.1) is 0 Å². The zero-order valence-corrected chi connectivity index (χ0v) is 12.7. The van der Waals surface area contributed by atoms with Crippen LogP contribution in [-0.4, -0.2) is 9.49 Å². The second kappa shape index (κ2) is 5.99. The standard InChI is InChI=1S/C16H30S/c1-3-15(11-7-5-8-12-15)17-16(4-2)13-9-6-10-14-16/h3-14H2,1-2H3. The lowest BCUT2D eigenvalue weighted by molar-refractivity contribution is 0.356. The molecule has 0 bridgehead atoms. The molecule has 0 aromatic heterocycles. The normalized spacial score (nSPS) is 27.9. The molecule has 2 fully saturated rings. The largest absolute Gasteiger partial charge is 0.148 e. The van der Waals surface area contributed by atoms with Gasteiger partial charge < -0.3 is 0 Å². The Kier molecular flexibility index (Phi) is 4.86. The molecule has 17 heavy (non-hydrogen) atoms. The molecule has 0 nitrogen and oxygen atoms in total. The van der Waals surface area contributed by atoms with Crippen LogP contribution in [0.5, 0.6) is 0 Å². The molecular weight excluding hydrogens is 224 g/mol. The van der Waals surface area contributed by atoms with Gasteiger partial charge in [-0.1, -0.05) is 52.4 Å². The van der Waals surface area contributed by atoms with Crippen molar-refractivity contribution in [2.75, 3.05) is 0 Å². The van der Waals surface area contributed by atoms with Crippen molar-refractivity contribution < 1.29 is 0 Å². The molecule has 0 aromatic rings. The topological polar surface area (TPSA) is 0 Å². The van der Waals surface area contributed by atoms with Crippen LogP contribution in [0.3, 0.4) is 0 Å². The maximum absolute atomic E-state index is 2.44. The van der Waals surface area contributed by atoms with Gasteiger partial charge in [-0.05, 0) is 38.5 Å². The maximum Gasteiger partial charge on any atom is 0.0163 e. The molecule has 0 saturated heterocycles. The van der Waals surface area contributed by atoms with E-state index >= 15 is 0 Å². The molecule has 100 valence electrons. The molecule has 2 rings (SSSR count). The summed E-state index contributed by atoms with van der Waals surface area (Å²) in [6.45, 7) is 4.87. The van der Waals surface area contributed by atoms with Crippen molar-refractivity contribution in [1.29, 1.82) is 0 Å². The highest BCUT2D eigenvalue weighted by Gasteiger charge is 2.40. The summed E-state index contributed by atoms with van der Waals surface area (Å²) in [5, 5.41) is 0. The maximum atomic E-state index is 2.44. The first-order valence-electron chi connectivity index (χ1n) is 7.94. The highest BCUT2D eigenvalue weighted by Crippen LogP contribution is 2.54. The van der Waals surface area contributed by atoms with E-state index in [9.17, 15) is 0 Å². The molecule has 2 aliphatic carbocycles. The highest BCUT2D eigenvalue weighted by molar-refractivity contribution is 8.02. The average molecular weight is 254 g/mol. The molecule has 0 aromatic carbocycles. The Morgan fingerprint density at radius 2 is 1.00 bits per heavy atom. The van der Waals surface area contributed by atoms with Crippen molar-refractivity contribution in [3.05, 3.63) is 0 Å². The lowest BCUT2D eigenvalue weighted by Gasteiger charge is -2.46. The van der Waals surface area contributed by atoms with Crippen LogP contribution >= 0.6 is 11.8 Å². The molecular formula is C16H30S. The van der Waals surface area contributed by atoms with Crippen molar-refractivity contribution in [1.82, 2.24) is 0 Å². The Hall–Kier alpha value is 0.350. The fraction of sp³-hybridized carbons (Fsp3) is 1.00. The van der Waals surface area contributed by atoms with Crippen LogP contribution in [0.2, 0.25) is 0 Å². The Morgan fingerprint density at radius 1 is 0.647 bits per heavy atom.